The lowest BCUT2D eigenvalue weighted by atomic mass is 9.99. The SMILES string of the molecule is CCNC(=NCc1sc(C)nc1C)N1CCc2cc(OC)c(OC)cc2C1.I. The highest BCUT2D eigenvalue weighted by Gasteiger charge is 2.21. The topological polar surface area (TPSA) is 59.0 Å². The normalized spacial score (nSPS) is 13.6. The minimum Gasteiger partial charge on any atom is -0.493 e. The Kier molecular flexibility index (Phi) is 8.36. The second-order valence-corrected chi connectivity index (χ2v) is 7.85. The molecule has 0 saturated heterocycles. The lowest BCUT2D eigenvalue weighted by molar-refractivity contribution is 0.346. The van der Waals surface area contributed by atoms with Gasteiger partial charge in [-0.3, -0.25) is 0 Å². The Morgan fingerprint density at radius 3 is 2.46 bits per heavy atom. The first kappa shape index (κ1) is 22.7. The average Bonchev–Trinajstić information content (AvgIpc) is 3.00. The van der Waals surface area contributed by atoms with Crippen molar-refractivity contribution < 1.29 is 9.47 Å². The number of methoxy groups -OCH3 is 2. The molecule has 28 heavy (non-hydrogen) atoms. The molecule has 1 aliphatic rings. The van der Waals surface area contributed by atoms with E-state index in [1.807, 2.05) is 6.92 Å². The molecule has 0 spiro atoms. The summed E-state index contributed by atoms with van der Waals surface area (Å²) in [4.78, 5) is 12.9. The molecule has 0 atom stereocenters. The van der Waals surface area contributed by atoms with Crippen LogP contribution in [0.5, 0.6) is 11.5 Å². The van der Waals surface area contributed by atoms with Gasteiger partial charge >= 0.3 is 0 Å². The summed E-state index contributed by atoms with van der Waals surface area (Å²) in [6, 6.07) is 4.18. The van der Waals surface area contributed by atoms with E-state index in [9.17, 15) is 0 Å². The zero-order valence-corrected chi connectivity index (χ0v) is 20.3. The lowest BCUT2D eigenvalue weighted by Crippen LogP contribution is -2.44. The molecule has 1 aliphatic heterocycles. The van der Waals surface area contributed by atoms with Crippen LogP contribution >= 0.6 is 35.3 Å². The number of hydrogen-bond donors (Lipinski definition) is 1. The zero-order chi connectivity index (χ0) is 19.4. The van der Waals surface area contributed by atoms with E-state index in [1.165, 1.54) is 16.0 Å². The van der Waals surface area contributed by atoms with Gasteiger partial charge in [0.1, 0.15) is 0 Å². The largest absolute Gasteiger partial charge is 0.493 e. The van der Waals surface area contributed by atoms with Gasteiger partial charge in [-0.25, -0.2) is 9.98 Å². The fraction of sp³-hybridized carbons (Fsp3) is 0.500. The number of halogens is 1. The Morgan fingerprint density at radius 1 is 1.21 bits per heavy atom. The first-order chi connectivity index (χ1) is 13.0. The number of benzene rings is 1. The molecule has 0 amide bonds. The van der Waals surface area contributed by atoms with E-state index in [0.29, 0.717) is 6.54 Å². The lowest BCUT2D eigenvalue weighted by Gasteiger charge is -2.32. The van der Waals surface area contributed by atoms with Crippen LogP contribution in [0.3, 0.4) is 0 Å². The Balaban J connectivity index is 0.00000280. The van der Waals surface area contributed by atoms with Crippen LogP contribution in [0, 0.1) is 13.8 Å². The van der Waals surface area contributed by atoms with Crippen molar-refractivity contribution in [2.75, 3.05) is 27.3 Å². The van der Waals surface area contributed by atoms with Gasteiger partial charge in [0.15, 0.2) is 17.5 Å². The van der Waals surface area contributed by atoms with Crippen molar-refractivity contribution in [3.63, 3.8) is 0 Å². The third-order valence-electron chi connectivity index (χ3n) is 4.72. The van der Waals surface area contributed by atoms with E-state index < -0.39 is 0 Å². The van der Waals surface area contributed by atoms with Crippen LogP contribution in [0.25, 0.3) is 0 Å². The second kappa shape index (κ2) is 10.3. The van der Waals surface area contributed by atoms with Crippen LogP contribution in [-0.2, 0) is 19.5 Å². The van der Waals surface area contributed by atoms with Crippen molar-refractivity contribution in [1.29, 1.82) is 0 Å². The monoisotopic (exact) mass is 516 g/mol. The third-order valence-corrected chi connectivity index (χ3v) is 5.78. The number of aromatic nitrogens is 1. The fourth-order valence-electron chi connectivity index (χ4n) is 3.36. The molecule has 0 aliphatic carbocycles. The quantitative estimate of drug-likeness (QED) is 0.371. The number of aliphatic imine (C=N–C) groups is 1. The number of nitrogens with one attached hydrogen (secondary N) is 1. The van der Waals surface area contributed by atoms with Crippen LogP contribution in [0.4, 0.5) is 0 Å². The summed E-state index contributed by atoms with van der Waals surface area (Å²) in [5.41, 5.74) is 3.65. The fourth-order valence-corrected chi connectivity index (χ4v) is 4.22. The molecule has 1 N–H and O–H groups in total. The number of ether oxygens (including phenoxy) is 2. The van der Waals surface area contributed by atoms with Crippen LogP contribution < -0.4 is 14.8 Å². The van der Waals surface area contributed by atoms with E-state index in [-0.39, 0.29) is 24.0 Å². The maximum Gasteiger partial charge on any atom is 0.194 e. The molecule has 1 aromatic heterocycles. The molecule has 1 aromatic carbocycles. The third kappa shape index (κ3) is 5.08. The minimum atomic E-state index is 0. The number of guanidine groups is 1. The summed E-state index contributed by atoms with van der Waals surface area (Å²) in [5.74, 6) is 2.51. The molecule has 0 unspecified atom stereocenters. The standard InChI is InChI=1S/C20H28N4O2S.HI/c1-6-21-20(22-11-19-13(2)23-14(3)27-19)24-8-7-15-9-17(25-4)18(26-5)10-16(15)12-24;/h9-10H,6-8,11-12H2,1-5H3,(H,21,22);1H. The molecule has 154 valence electrons. The Labute approximate surface area is 188 Å². The van der Waals surface area contributed by atoms with E-state index in [1.54, 1.807) is 25.6 Å². The van der Waals surface area contributed by atoms with Crippen molar-refractivity contribution >= 4 is 41.3 Å². The van der Waals surface area contributed by atoms with Crippen LogP contribution in [0.1, 0.15) is 33.6 Å². The van der Waals surface area contributed by atoms with Gasteiger partial charge in [-0.05, 0) is 50.5 Å². The van der Waals surface area contributed by atoms with Gasteiger partial charge < -0.3 is 19.7 Å². The van der Waals surface area contributed by atoms with Crippen LogP contribution in [0.15, 0.2) is 17.1 Å². The van der Waals surface area contributed by atoms with E-state index in [2.05, 4.69) is 41.2 Å². The Hall–Kier alpha value is -1.55. The van der Waals surface area contributed by atoms with Gasteiger partial charge in [0.05, 0.1) is 31.5 Å². The van der Waals surface area contributed by atoms with Crippen molar-refractivity contribution in [1.82, 2.24) is 15.2 Å². The average molecular weight is 516 g/mol. The first-order valence-electron chi connectivity index (χ1n) is 9.25. The van der Waals surface area contributed by atoms with Gasteiger partial charge in [0.2, 0.25) is 0 Å². The van der Waals surface area contributed by atoms with Gasteiger partial charge in [-0.15, -0.1) is 35.3 Å². The predicted octanol–water partition coefficient (Wildman–Crippen LogP) is 3.92. The summed E-state index contributed by atoms with van der Waals surface area (Å²) in [7, 11) is 3.36. The number of rotatable bonds is 5. The van der Waals surface area contributed by atoms with E-state index in [0.717, 1.165) is 54.2 Å². The highest BCUT2D eigenvalue weighted by molar-refractivity contribution is 14.0. The molecule has 2 heterocycles. The summed E-state index contributed by atoms with van der Waals surface area (Å²) < 4.78 is 10.9. The van der Waals surface area contributed by atoms with Gasteiger partial charge in [0, 0.05) is 24.5 Å². The molecular weight excluding hydrogens is 487 g/mol. The zero-order valence-electron chi connectivity index (χ0n) is 17.2. The summed E-state index contributed by atoms with van der Waals surface area (Å²) in [6.45, 7) is 9.43. The molecule has 2 aromatic rings. The first-order valence-corrected chi connectivity index (χ1v) is 10.1. The maximum atomic E-state index is 5.47. The molecule has 0 bridgehead atoms. The van der Waals surface area contributed by atoms with Crippen molar-refractivity contribution in [2.45, 2.75) is 40.3 Å². The Bertz CT molecular complexity index is 838. The van der Waals surface area contributed by atoms with E-state index in [4.69, 9.17) is 14.5 Å². The molecule has 0 radical (unpaired) electrons. The van der Waals surface area contributed by atoms with Gasteiger partial charge in [0.25, 0.3) is 0 Å². The summed E-state index contributed by atoms with van der Waals surface area (Å²) >= 11 is 1.72. The molecule has 0 saturated carbocycles. The highest BCUT2D eigenvalue weighted by Crippen LogP contribution is 2.33. The molecule has 8 heteroatoms. The van der Waals surface area contributed by atoms with Crippen LogP contribution in [-0.4, -0.2) is 43.2 Å². The molecule has 6 nitrogen and oxygen atoms in total. The summed E-state index contributed by atoms with van der Waals surface area (Å²) in [5, 5.41) is 4.53. The smallest absolute Gasteiger partial charge is 0.194 e. The van der Waals surface area contributed by atoms with Crippen molar-refractivity contribution in [2.24, 2.45) is 4.99 Å². The number of hydrogen-bond acceptors (Lipinski definition) is 5. The van der Waals surface area contributed by atoms with Gasteiger partial charge in [-0.2, -0.15) is 0 Å². The number of thiazole rings is 1. The van der Waals surface area contributed by atoms with Crippen molar-refractivity contribution in [3.05, 3.63) is 38.8 Å². The van der Waals surface area contributed by atoms with Crippen LogP contribution in [0.2, 0.25) is 0 Å². The molecule has 0 fully saturated rings. The van der Waals surface area contributed by atoms with E-state index >= 15 is 0 Å². The predicted molar refractivity (Wildman–Crippen MR) is 125 cm³/mol. The highest BCUT2D eigenvalue weighted by atomic mass is 127. The van der Waals surface area contributed by atoms with Crippen molar-refractivity contribution in [3.8, 4) is 11.5 Å². The summed E-state index contributed by atoms with van der Waals surface area (Å²) in [6.07, 6.45) is 0.957. The second-order valence-electron chi connectivity index (χ2n) is 6.56. The number of aryl methyl sites for hydroxylation is 2. The number of nitrogens with zero attached hydrogens (tertiary/aromatic N) is 3. The van der Waals surface area contributed by atoms with Gasteiger partial charge in [-0.1, -0.05) is 0 Å². The minimum absolute atomic E-state index is 0. The maximum absolute atomic E-state index is 5.47. The molecule has 3 rings (SSSR count). The Morgan fingerprint density at radius 2 is 1.89 bits per heavy atom. The number of fused-ring (bicyclic) bond motifs is 1. The molecular formula is C20H29IN4O2S.